The topological polar surface area (TPSA) is 166 Å². The number of aliphatic hydroxyl groups is 1. The summed E-state index contributed by atoms with van der Waals surface area (Å²) in [5, 5.41) is 19.0. The van der Waals surface area contributed by atoms with Gasteiger partial charge in [-0.1, -0.05) is 38.1 Å². The number of ether oxygens (including phenoxy) is 1. The van der Waals surface area contributed by atoms with E-state index >= 15 is 0 Å². The molecule has 2 saturated heterocycles. The molecule has 4 fully saturated rings. The Balaban J connectivity index is 0.745. The Bertz CT molecular complexity index is 2200. The van der Waals surface area contributed by atoms with Crippen LogP contribution in [0.15, 0.2) is 79.0 Å². The number of carbonyl (C=O) groups excluding carboxylic acids is 4. The van der Waals surface area contributed by atoms with Crippen LogP contribution in [0.5, 0.6) is 5.75 Å². The number of benzene rings is 3. The smallest absolute Gasteiger partial charge is 0.262 e. The third kappa shape index (κ3) is 6.63. The Labute approximate surface area is 324 Å². The van der Waals surface area contributed by atoms with E-state index in [0.717, 1.165) is 72.4 Å². The monoisotopic (exact) mass is 755 g/mol. The number of hydrogen-bond acceptors (Lipinski definition) is 11. The van der Waals surface area contributed by atoms with Crippen LogP contribution in [-0.2, 0) is 21.6 Å². The Kier molecular flexibility index (Phi) is 8.79. The summed E-state index contributed by atoms with van der Waals surface area (Å²) in [6, 6.07) is 23.3. The zero-order valence-electron chi connectivity index (χ0n) is 31.5. The number of aromatic nitrogens is 2. The number of aliphatic hydroxyl groups excluding tert-OH is 1. The van der Waals surface area contributed by atoms with Crippen LogP contribution in [-0.4, -0.2) is 80.9 Å². The van der Waals surface area contributed by atoms with Crippen molar-refractivity contribution in [1.29, 1.82) is 0 Å². The molecular formula is C43H45N7O6. The zero-order chi connectivity index (χ0) is 38.8. The molecule has 4 amide bonds. The third-order valence-corrected chi connectivity index (χ3v) is 12.3. The molecule has 5 aliphatic rings. The second-order valence-electron chi connectivity index (χ2n) is 16.6. The highest BCUT2D eigenvalue weighted by Gasteiger charge is 2.52. The molecule has 288 valence electrons. The van der Waals surface area contributed by atoms with Crippen LogP contribution < -0.4 is 25.6 Å². The third-order valence-electron chi connectivity index (χ3n) is 12.3. The first-order chi connectivity index (χ1) is 26.9. The van der Waals surface area contributed by atoms with Crippen molar-refractivity contribution in [3.63, 3.8) is 0 Å². The van der Waals surface area contributed by atoms with Gasteiger partial charge in [0.1, 0.15) is 18.4 Å². The van der Waals surface area contributed by atoms with E-state index in [-0.39, 0.29) is 46.9 Å². The van der Waals surface area contributed by atoms with E-state index < -0.39 is 29.7 Å². The van der Waals surface area contributed by atoms with Gasteiger partial charge in [-0.15, -0.1) is 0 Å². The maximum Gasteiger partial charge on any atom is 0.262 e. The summed E-state index contributed by atoms with van der Waals surface area (Å²) >= 11 is 0. The van der Waals surface area contributed by atoms with Gasteiger partial charge in [-0.25, -0.2) is 9.97 Å². The van der Waals surface area contributed by atoms with Gasteiger partial charge in [0, 0.05) is 60.0 Å². The van der Waals surface area contributed by atoms with Crippen LogP contribution >= 0.6 is 0 Å². The summed E-state index contributed by atoms with van der Waals surface area (Å²) < 4.78 is 6.10. The molecule has 1 atom stereocenters. The van der Waals surface area contributed by atoms with Gasteiger partial charge < -0.3 is 25.4 Å². The van der Waals surface area contributed by atoms with Crippen molar-refractivity contribution >= 4 is 41.0 Å². The second kappa shape index (κ2) is 13.7. The predicted molar refractivity (Wildman–Crippen MR) is 208 cm³/mol. The van der Waals surface area contributed by atoms with Gasteiger partial charge in [0.15, 0.2) is 0 Å². The average molecular weight is 756 g/mol. The van der Waals surface area contributed by atoms with Crippen molar-refractivity contribution in [3.05, 3.63) is 107 Å². The summed E-state index contributed by atoms with van der Waals surface area (Å²) in [4.78, 5) is 62.5. The fourth-order valence-corrected chi connectivity index (χ4v) is 8.88. The van der Waals surface area contributed by atoms with Crippen LogP contribution in [0.1, 0.15) is 89.9 Å². The molecule has 2 saturated carbocycles. The van der Waals surface area contributed by atoms with Crippen LogP contribution in [0.25, 0.3) is 0 Å². The fourth-order valence-electron chi connectivity index (χ4n) is 8.88. The molecule has 13 heteroatoms. The number of rotatable bonds is 11. The lowest BCUT2D eigenvalue weighted by Crippen LogP contribution is -2.64. The van der Waals surface area contributed by atoms with Gasteiger partial charge in [0.05, 0.1) is 22.9 Å². The predicted octanol–water partition coefficient (Wildman–Crippen LogP) is 4.80. The largest absolute Gasteiger partial charge is 0.487 e. The number of carbonyl (C=O) groups is 4. The molecule has 2 aliphatic carbocycles. The fraction of sp³-hybridized carbons (Fsp3) is 0.395. The Morgan fingerprint density at radius 2 is 1.50 bits per heavy atom. The number of imide groups is 2. The first-order valence-corrected chi connectivity index (χ1v) is 19.4. The summed E-state index contributed by atoms with van der Waals surface area (Å²) in [6.07, 6.45) is 5.36. The minimum Gasteiger partial charge on any atom is -0.487 e. The average Bonchev–Trinajstić information content (AvgIpc) is 3.39. The molecule has 0 bridgehead atoms. The summed E-state index contributed by atoms with van der Waals surface area (Å²) in [5.74, 6) is -0.527. The lowest BCUT2D eigenvalue weighted by molar-refractivity contribution is -0.136. The van der Waals surface area contributed by atoms with Crippen LogP contribution in [0.2, 0.25) is 0 Å². The molecule has 3 aromatic carbocycles. The normalized spacial score (nSPS) is 22.9. The van der Waals surface area contributed by atoms with Gasteiger partial charge in [-0.05, 0) is 91.8 Å². The van der Waals surface area contributed by atoms with Crippen LogP contribution in [0.4, 0.5) is 17.3 Å². The zero-order valence-corrected chi connectivity index (χ0v) is 31.5. The molecule has 1 spiro atoms. The first-order valence-electron chi connectivity index (χ1n) is 19.4. The van der Waals surface area contributed by atoms with Crippen molar-refractivity contribution < 1.29 is 29.0 Å². The molecule has 3 aliphatic heterocycles. The highest BCUT2D eigenvalue weighted by Crippen LogP contribution is 2.49. The number of anilines is 3. The molecule has 56 heavy (non-hydrogen) atoms. The van der Waals surface area contributed by atoms with E-state index in [2.05, 4.69) is 76.1 Å². The maximum absolute atomic E-state index is 13.2. The first kappa shape index (κ1) is 35.9. The number of amides is 4. The van der Waals surface area contributed by atoms with Crippen molar-refractivity contribution in [1.82, 2.24) is 20.2 Å². The van der Waals surface area contributed by atoms with E-state index in [4.69, 9.17) is 9.72 Å². The van der Waals surface area contributed by atoms with Crippen molar-refractivity contribution in [2.45, 2.75) is 88.6 Å². The lowest BCUT2D eigenvalue weighted by Gasteiger charge is -2.57. The number of nitrogens with zero attached hydrogens (tertiary/aromatic N) is 4. The van der Waals surface area contributed by atoms with E-state index in [9.17, 15) is 24.3 Å². The molecule has 13 nitrogen and oxygen atoms in total. The van der Waals surface area contributed by atoms with Gasteiger partial charge >= 0.3 is 0 Å². The van der Waals surface area contributed by atoms with E-state index in [0.29, 0.717) is 12.6 Å². The van der Waals surface area contributed by atoms with E-state index in [1.165, 1.54) is 11.1 Å². The highest BCUT2D eigenvalue weighted by molar-refractivity contribution is 6.23. The standard InChI is InChI=1S/C43H45N7O6/c1-42(2,26-5-10-33(11-6-26)56-22-29-15-16-44-41(47-29)49-23-43(24-49)20-32(51)21-43)25-3-7-27(8-4-25)45-30-17-31(18-30)46-28-9-12-34-35(19-28)40(55)50(39(34)54)36-13-14-37(52)48-38(36)53/h3-12,15-16,19,30-32,36,45-46,51H,13-14,17-18,20-24H2,1-2H3,(H,48,52,53). The number of fused-ring (bicyclic) bond motifs is 1. The van der Waals surface area contributed by atoms with Gasteiger partial charge in [0.2, 0.25) is 17.8 Å². The molecule has 4 heterocycles. The summed E-state index contributed by atoms with van der Waals surface area (Å²) in [7, 11) is 0. The number of nitrogens with one attached hydrogen (secondary N) is 3. The summed E-state index contributed by atoms with van der Waals surface area (Å²) in [5.41, 5.74) is 5.57. The van der Waals surface area contributed by atoms with Gasteiger partial charge in [0.25, 0.3) is 11.8 Å². The van der Waals surface area contributed by atoms with Gasteiger partial charge in [-0.2, -0.15) is 0 Å². The molecule has 4 N–H and O–H groups in total. The van der Waals surface area contributed by atoms with E-state index in [1.807, 2.05) is 18.2 Å². The molecule has 1 unspecified atom stereocenters. The number of piperidine rings is 1. The second-order valence-corrected chi connectivity index (χ2v) is 16.6. The molecule has 0 radical (unpaired) electrons. The molecule has 9 rings (SSSR count). The van der Waals surface area contributed by atoms with Crippen molar-refractivity contribution in [2.24, 2.45) is 5.41 Å². The number of hydrogen-bond donors (Lipinski definition) is 4. The highest BCUT2D eigenvalue weighted by atomic mass is 16.5. The van der Waals surface area contributed by atoms with Gasteiger partial charge in [-0.3, -0.25) is 29.4 Å². The summed E-state index contributed by atoms with van der Waals surface area (Å²) in [6.45, 7) is 6.59. The quantitative estimate of drug-likeness (QED) is 0.156. The molecular weight excluding hydrogens is 711 g/mol. The molecule has 4 aromatic rings. The van der Waals surface area contributed by atoms with Crippen LogP contribution in [0, 0.1) is 5.41 Å². The SMILES string of the molecule is CC(C)(c1ccc(NC2CC(Nc3ccc4c(c3)C(=O)N(C3CCC(=O)NC3=O)C4=O)C2)cc1)c1ccc(OCc2ccnc(N3CC4(CC(O)C4)C3)n2)cc1. The van der Waals surface area contributed by atoms with E-state index in [1.54, 1.807) is 24.4 Å². The van der Waals surface area contributed by atoms with Crippen molar-refractivity contribution in [2.75, 3.05) is 28.6 Å². The lowest BCUT2D eigenvalue weighted by atomic mass is 9.62. The molecule has 1 aromatic heterocycles. The van der Waals surface area contributed by atoms with Crippen LogP contribution in [0.3, 0.4) is 0 Å². The Morgan fingerprint density at radius 3 is 2.18 bits per heavy atom. The Morgan fingerprint density at radius 1 is 0.857 bits per heavy atom. The van der Waals surface area contributed by atoms with Crippen molar-refractivity contribution in [3.8, 4) is 5.75 Å². The Hall–Kier alpha value is -5.82. The minimum atomic E-state index is -0.980. The minimum absolute atomic E-state index is 0.0870. The maximum atomic E-state index is 13.2.